The predicted octanol–water partition coefficient (Wildman–Crippen LogP) is 3.71. The molecular weight excluding hydrogens is 408 g/mol. The fourth-order valence-corrected chi connectivity index (χ4v) is 4.56. The molecule has 1 amide bonds. The van der Waals surface area contributed by atoms with Crippen molar-refractivity contribution in [3.05, 3.63) is 76.3 Å². The zero-order chi connectivity index (χ0) is 21.0. The van der Waals surface area contributed by atoms with Crippen molar-refractivity contribution in [1.82, 2.24) is 10.4 Å². The minimum atomic E-state index is -3.78. The van der Waals surface area contributed by atoms with Crippen molar-refractivity contribution in [2.24, 2.45) is 5.10 Å². The number of nitrogens with one attached hydrogen (secondary N) is 2. The van der Waals surface area contributed by atoms with E-state index in [9.17, 15) is 13.2 Å². The van der Waals surface area contributed by atoms with Gasteiger partial charge in [-0.25, -0.2) is 18.8 Å². The predicted molar refractivity (Wildman–Crippen MR) is 115 cm³/mol. The number of carbonyl (C=O) groups is 1. The molecule has 29 heavy (non-hydrogen) atoms. The molecule has 0 bridgehead atoms. The van der Waals surface area contributed by atoms with Crippen molar-refractivity contribution in [3.8, 4) is 0 Å². The zero-order valence-electron chi connectivity index (χ0n) is 16.1. The van der Waals surface area contributed by atoms with Crippen molar-refractivity contribution >= 4 is 38.1 Å². The smallest absolute Gasteiger partial charge is 0.266 e. The van der Waals surface area contributed by atoms with E-state index in [0.717, 1.165) is 22.5 Å². The van der Waals surface area contributed by atoms with E-state index in [2.05, 4.69) is 20.2 Å². The Morgan fingerprint density at radius 2 is 1.69 bits per heavy atom. The summed E-state index contributed by atoms with van der Waals surface area (Å²) in [4.78, 5) is 17.0. The van der Waals surface area contributed by atoms with Crippen LogP contribution >= 0.6 is 11.3 Å². The second kappa shape index (κ2) is 8.54. The molecule has 7 nitrogen and oxygen atoms in total. The molecule has 0 unspecified atom stereocenters. The maximum Gasteiger partial charge on any atom is 0.283 e. The number of carbonyl (C=O) groups excluding carboxylic acids is 1. The second-order valence-corrected chi connectivity index (χ2v) is 9.04. The lowest BCUT2D eigenvalue weighted by atomic mass is 10.1. The lowest BCUT2D eigenvalue weighted by Gasteiger charge is -2.05. The highest BCUT2D eigenvalue weighted by atomic mass is 32.2. The average Bonchev–Trinajstić information content (AvgIpc) is 3.06. The number of anilines is 1. The molecule has 0 aliphatic heterocycles. The van der Waals surface area contributed by atoms with E-state index < -0.39 is 15.9 Å². The lowest BCUT2D eigenvalue weighted by Crippen LogP contribution is -2.19. The lowest BCUT2D eigenvalue weighted by molar-refractivity contribution is 0.0958. The molecule has 3 rings (SSSR count). The molecule has 1 heterocycles. The van der Waals surface area contributed by atoms with E-state index in [-0.39, 0.29) is 14.9 Å². The number of nitrogens with zero attached hydrogens (tertiary/aromatic N) is 2. The quantitative estimate of drug-likeness (QED) is 0.462. The molecule has 0 saturated heterocycles. The molecule has 3 aromatic rings. The number of sulfonamides is 1. The van der Waals surface area contributed by atoms with Crippen molar-refractivity contribution in [1.29, 1.82) is 0 Å². The van der Waals surface area contributed by atoms with Gasteiger partial charge in [-0.2, -0.15) is 5.10 Å². The third-order valence-corrected chi connectivity index (χ3v) is 6.63. The topological polar surface area (TPSA) is 101 Å². The molecule has 0 saturated carbocycles. The van der Waals surface area contributed by atoms with E-state index in [1.54, 1.807) is 26.0 Å². The van der Waals surface area contributed by atoms with Gasteiger partial charge in [0.25, 0.3) is 15.9 Å². The summed E-state index contributed by atoms with van der Waals surface area (Å²) in [5, 5.41) is 4.23. The van der Waals surface area contributed by atoms with Crippen LogP contribution < -0.4 is 10.1 Å². The van der Waals surface area contributed by atoms with Crippen LogP contribution in [0.3, 0.4) is 0 Å². The molecule has 0 fully saturated rings. The van der Waals surface area contributed by atoms with Gasteiger partial charge in [-0.1, -0.05) is 59.4 Å². The number of aryl methyl sites for hydroxylation is 2. The first-order valence-electron chi connectivity index (χ1n) is 8.73. The monoisotopic (exact) mass is 428 g/mol. The van der Waals surface area contributed by atoms with Gasteiger partial charge in [0.1, 0.15) is 4.88 Å². The van der Waals surface area contributed by atoms with Crippen LogP contribution in [-0.2, 0) is 10.0 Å². The molecule has 9 heteroatoms. The average molecular weight is 429 g/mol. The number of hydrogen-bond acceptors (Lipinski definition) is 6. The summed E-state index contributed by atoms with van der Waals surface area (Å²) < 4.78 is 27.4. The van der Waals surface area contributed by atoms with Crippen LogP contribution in [0.4, 0.5) is 5.13 Å². The number of aromatic nitrogens is 1. The molecule has 2 aromatic carbocycles. The molecule has 0 aliphatic rings. The van der Waals surface area contributed by atoms with Gasteiger partial charge >= 0.3 is 0 Å². The van der Waals surface area contributed by atoms with Gasteiger partial charge in [-0.15, -0.1) is 0 Å². The van der Waals surface area contributed by atoms with Gasteiger partial charge in [-0.3, -0.25) is 9.52 Å². The van der Waals surface area contributed by atoms with Crippen LogP contribution in [-0.4, -0.2) is 25.0 Å². The first-order valence-corrected chi connectivity index (χ1v) is 11.0. The Labute approximate surface area is 173 Å². The van der Waals surface area contributed by atoms with Crippen molar-refractivity contribution in [2.45, 2.75) is 25.7 Å². The largest absolute Gasteiger partial charge is 0.283 e. The number of hydrazone groups is 1. The van der Waals surface area contributed by atoms with Crippen LogP contribution in [0.2, 0.25) is 0 Å². The van der Waals surface area contributed by atoms with E-state index in [1.807, 2.05) is 37.3 Å². The Kier molecular flexibility index (Phi) is 6.09. The molecule has 0 radical (unpaired) electrons. The van der Waals surface area contributed by atoms with E-state index in [1.165, 1.54) is 12.1 Å². The molecule has 2 N–H and O–H groups in total. The Hall–Kier alpha value is -3.04. The van der Waals surface area contributed by atoms with E-state index >= 15 is 0 Å². The molecule has 1 aromatic heterocycles. The van der Waals surface area contributed by atoms with Gasteiger partial charge in [0.05, 0.1) is 16.3 Å². The molecule has 0 spiro atoms. The first kappa shape index (κ1) is 20.7. The van der Waals surface area contributed by atoms with Crippen LogP contribution in [0.25, 0.3) is 0 Å². The van der Waals surface area contributed by atoms with Crippen LogP contribution in [0, 0.1) is 13.8 Å². The van der Waals surface area contributed by atoms with Crippen molar-refractivity contribution in [2.75, 3.05) is 4.72 Å². The van der Waals surface area contributed by atoms with Gasteiger partial charge in [-0.05, 0) is 38.5 Å². The summed E-state index contributed by atoms with van der Waals surface area (Å²) in [7, 11) is -3.78. The number of benzene rings is 2. The standard InChI is InChI=1S/C20H20N4O3S2/c1-13-9-11-17(12-10-13)29(26,27)24-20-21-15(3)18(28-20)19(25)23-22-14(2)16-7-5-4-6-8-16/h4-12H,1-3H3,(H,21,24)(H,23,25). The van der Waals surface area contributed by atoms with Crippen molar-refractivity contribution < 1.29 is 13.2 Å². The SMILES string of the molecule is CC(=NNC(=O)c1sc(NS(=O)(=O)c2ccc(C)cc2)nc1C)c1ccccc1. The molecular formula is C20H20N4O3S2. The van der Waals surface area contributed by atoms with Gasteiger partial charge in [0.2, 0.25) is 0 Å². The fourth-order valence-electron chi connectivity index (χ4n) is 2.47. The summed E-state index contributed by atoms with van der Waals surface area (Å²) in [5.74, 6) is -0.448. The first-order chi connectivity index (χ1) is 13.8. The highest BCUT2D eigenvalue weighted by molar-refractivity contribution is 7.93. The van der Waals surface area contributed by atoms with E-state index in [0.29, 0.717) is 11.4 Å². The Bertz CT molecular complexity index is 1150. The molecule has 0 aliphatic carbocycles. The molecule has 0 atom stereocenters. The maximum absolute atomic E-state index is 12.5. The van der Waals surface area contributed by atoms with Gasteiger partial charge < -0.3 is 0 Å². The fraction of sp³-hybridized carbons (Fsp3) is 0.150. The van der Waals surface area contributed by atoms with Gasteiger partial charge in [0, 0.05) is 0 Å². The Morgan fingerprint density at radius 3 is 2.34 bits per heavy atom. The minimum absolute atomic E-state index is 0.122. The normalized spacial score (nSPS) is 11.9. The highest BCUT2D eigenvalue weighted by Gasteiger charge is 2.20. The third-order valence-electron chi connectivity index (χ3n) is 4.07. The summed E-state index contributed by atoms with van der Waals surface area (Å²) in [6, 6.07) is 15.9. The van der Waals surface area contributed by atoms with Crippen LogP contribution in [0.15, 0.2) is 64.6 Å². The third kappa shape index (κ3) is 5.07. The number of rotatable bonds is 6. The van der Waals surface area contributed by atoms with Crippen LogP contribution in [0.5, 0.6) is 0 Å². The zero-order valence-corrected chi connectivity index (χ0v) is 17.8. The summed E-state index contributed by atoms with van der Waals surface area (Å²) in [6.07, 6.45) is 0. The minimum Gasteiger partial charge on any atom is -0.266 e. The maximum atomic E-state index is 12.5. The number of amides is 1. The molecule has 150 valence electrons. The highest BCUT2D eigenvalue weighted by Crippen LogP contribution is 2.25. The summed E-state index contributed by atoms with van der Waals surface area (Å²) in [6.45, 7) is 5.31. The Balaban J connectivity index is 1.74. The summed E-state index contributed by atoms with van der Waals surface area (Å²) >= 11 is 0.957. The van der Waals surface area contributed by atoms with Crippen molar-refractivity contribution in [3.63, 3.8) is 0 Å². The Morgan fingerprint density at radius 1 is 1.03 bits per heavy atom. The van der Waals surface area contributed by atoms with Crippen LogP contribution in [0.1, 0.15) is 33.4 Å². The number of hydrogen-bond donors (Lipinski definition) is 2. The summed E-state index contributed by atoms with van der Waals surface area (Å²) in [5.41, 5.74) is 5.41. The van der Waals surface area contributed by atoms with E-state index in [4.69, 9.17) is 0 Å². The number of thiazole rings is 1. The second-order valence-electron chi connectivity index (χ2n) is 6.36. The van der Waals surface area contributed by atoms with Gasteiger partial charge in [0.15, 0.2) is 5.13 Å².